The van der Waals surface area contributed by atoms with Crippen molar-refractivity contribution in [3.05, 3.63) is 60.4 Å². The molecule has 4 N–H and O–H groups in total. The van der Waals surface area contributed by atoms with Crippen molar-refractivity contribution >= 4 is 45.8 Å². The molecule has 0 saturated carbocycles. The topological polar surface area (TPSA) is 189 Å². The number of fused-ring (bicyclic) bond motifs is 3. The van der Waals surface area contributed by atoms with Crippen molar-refractivity contribution in [1.29, 1.82) is 0 Å². The van der Waals surface area contributed by atoms with Crippen LogP contribution in [0.4, 0.5) is 9.59 Å². The number of likely N-dealkylation sites (tertiary alicyclic amines) is 2. The molecule has 5 heterocycles. The number of imidazole rings is 2. The number of nitrogens with one attached hydrogen (secondary N) is 4. The van der Waals surface area contributed by atoms with E-state index in [1.165, 1.54) is 14.2 Å². The van der Waals surface area contributed by atoms with Crippen LogP contribution < -0.4 is 10.6 Å². The minimum Gasteiger partial charge on any atom is -0.453 e. The first-order valence-corrected chi connectivity index (χ1v) is 18.6. The van der Waals surface area contributed by atoms with Crippen molar-refractivity contribution in [3.8, 4) is 22.5 Å². The predicted octanol–water partition coefficient (Wildman–Crippen LogP) is 5.04. The Hall–Kier alpha value is -5.90. The Kier molecular flexibility index (Phi) is 10.8. The largest absolute Gasteiger partial charge is 0.453 e. The number of methoxy groups -OCH3 is 3. The summed E-state index contributed by atoms with van der Waals surface area (Å²) in [5, 5.41) is 7.34. The van der Waals surface area contributed by atoms with Gasteiger partial charge in [-0.3, -0.25) is 9.59 Å². The Morgan fingerprint density at radius 3 is 1.62 bits per heavy atom. The summed E-state index contributed by atoms with van der Waals surface area (Å²) in [5.41, 5.74) is 5.66. The highest BCUT2D eigenvalue weighted by atomic mass is 16.5. The minimum absolute atomic E-state index is 0.184. The summed E-state index contributed by atoms with van der Waals surface area (Å²) in [5.74, 6) is 1.03. The van der Waals surface area contributed by atoms with Gasteiger partial charge in [0.25, 0.3) is 0 Å². The molecule has 4 atom stereocenters. The number of carbonyl (C=O) groups excluding carboxylic acids is 4. The second-order valence-corrected chi connectivity index (χ2v) is 14.1. The highest BCUT2D eigenvalue weighted by molar-refractivity contribution is 6.10. The molecule has 2 aromatic carbocycles. The summed E-state index contributed by atoms with van der Waals surface area (Å²) in [4.78, 5) is 69.9. The average molecular weight is 754 g/mol. The van der Waals surface area contributed by atoms with Gasteiger partial charge in [0.2, 0.25) is 11.8 Å². The van der Waals surface area contributed by atoms with Crippen molar-refractivity contribution < 1.29 is 33.4 Å². The Morgan fingerprint density at radius 2 is 1.20 bits per heavy atom. The molecule has 0 spiro atoms. The van der Waals surface area contributed by atoms with Crippen LogP contribution in [0.25, 0.3) is 44.3 Å². The number of amides is 4. The molecule has 4 amide bonds. The zero-order valence-corrected chi connectivity index (χ0v) is 31.7. The van der Waals surface area contributed by atoms with Crippen LogP contribution in [0.1, 0.15) is 63.3 Å². The lowest BCUT2D eigenvalue weighted by Gasteiger charge is -2.26. The Labute approximate surface area is 317 Å². The molecule has 2 saturated heterocycles. The van der Waals surface area contributed by atoms with Crippen molar-refractivity contribution in [1.82, 2.24) is 44.9 Å². The summed E-state index contributed by atoms with van der Waals surface area (Å²) in [6, 6.07) is 10.8. The van der Waals surface area contributed by atoms with Gasteiger partial charge >= 0.3 is 12.2 Å². The number of H-pyrrole nitrogens is 2. The summed E-state index contributed by atoms with van der Waals surface area (Å²) in [6.07, 6.45) is 5.50. The minimum atomic E-state index is -0.727. The van der Waals surface area contributed by atoms with Crippen molar-refractivity contribution in [3.63, 3.8) is 0 Å². The zero-order valence-electron chi connectivity index (χ0n) is 31.7. The van der Waals surface area contributed by atoms with Crippen LogP contribution in [0.5, 0.6) is 0 Å². The normalized spacial score (nSPS) is 18.1. The van der Waals surface area contributed by atoms with Crippen molar-refractivity contribution in [2.24, 2.45) is 0 Å². The van der Waals surface area contributed by atoms with E-state index in [1.54, 1.807) is 43.2 Å². The van der Waals surface area contributed by atoms with Gasteiger partial charge in [-0.05, 0) is 51.7 Å². The molecular formula is C39H47N9O7. The van der Waals surface area contributed by atoms with Crippen LogP contribution in [-0.2, 0) is 30.3 Å². The van der Waals surface area contributed by atoms with Gasteiger partial charge in [0.15, 0.2) is 0 Å². The van der Waals surface area contributed by atoms with Gasteiger partial charge < -0.3 is 49.2 Å². The van der Waals surface area contributed by atoms with Gasteiger partial charge in [-0.15, -0.1) is 0 Å². The summed E-state index contributed by atoms with van der Waals surface area (Å²) in [7, 11) is 4.23. The van der Waals surface area contributed by atoms with Gasteiger partial charge in [-0.1, -0.05) is 24.3 Å². The number of hydrogen-bond donors (Lipinski definition) is 4. The molecule has 55 heavy (non-hydrogen) atoms. The molecule has 16 heteroatoms. The van der Waals surface area contributed by atoms with E-state index in [0.717, 1.165) is 70.0 Å². The van der Waals surface area contributed by atoms with Gasteiger partial charge in [-0.2, -0.15) is 0 Å². The number of carbonyl (C=O) groups is 4. The zero-order chi connectivity index (χ0) is 38.8. The molecule has 0 aliphatic carbocycles. The standard InChI is InChI=1S/C39H47N9O7/c1-22(42-38(51)54-4)36(49)47-14-6-8-30(47)34-40-20-28(44-34)24-10-12-26-27-13-11-25(19-33(27)46(16-17-53-3)32(26)18-24)29-21-41-35(45-29)31-9-7-15-48(31)37(50)23(2)43-39(52)55-5/h10-13,18-23,30-31H,6-9,14-17H2,1-5H3,(H,40,44)(H,41,45)(H,42,51)(H,43,52)/t22-,23-,30-,31-/m0/s1. The fourth-order valence-corrected chi connectivity index (χ4v) is 7.88. The Morgan fingerprint density at radius 1 is 0.745 bits per heavy atom. The molecule has 0 unspecified atom stereocenters. The van der Waals surface area contributed by atoms with Crippen LogP contribution in [0.3, 0.4) is 0 Å². The first kappa shape index (κ1) is 37.4. The van der Waals surface area contributed by atoms with Crippen LogP contribution in [-0.4, -0.2) is 111 Å². The van der Waals surface area contributed by atoms with Crippen molar-refractivity contribution in [2.75, 3.05) is 41.0 Å². The van der Waals surface area contributed by atoms with E-state index in [2.05, 4.69) is 71.0 Å². The molecule has 2 aliphatic heterocycles. The number of rotatable bonds is 11. The van der Waals surface area contributed by atoms with Crippen LogP contribution in [0, 0.1) is 0 Å². The summed E-state index contributed by atoms with van der Waals surface area (Å²) in [6.45, 7) is 5.60. The van der Waals surface area contributed by atoms with Gasteiger partial charge in [0.1, 0.15) is 23.7 Å². The van der Waals surface area contributed by atoms with Gasteiger partial charge in [0, 0.05) is 59.7 Å². The number of nitrogens with zero attached hydrogens (tertiary/aromatic N) is 5. The second-order valence-electron chi connectivity index (χ2n) is 14.1. The van der Waals surface area contributed by atoms with E-state index >= 15 is 0 Å². The van der Waals surface area contributed by atoms with E-state index in [9.17, 15) is 19.2 Å². The van der Waals surface area contributed by atoms with Gasteiger partial charge in [0.05, 0.1) is 56.7 Å². The Balaban J connectivity index is 1.15. The third-order valence-electron chi connectivity index (χ3n) is 10.7. The van der Waals surface area contributed by atoms with Gasteiger partial charge in [-0.25, -0.2) is 19.6 Å². The second kappa shape index (κ2) is 15.8. The van der Waals surface area contributed by atoms with E-state index in [0.29, 0.717) is 37.9 Å². The third-order valence-corrected chi connectivity index (χ3v) is 10.7. The Bertz CT molecular complexity index is 2080. The number of hydrogen-bond acceptors (Lipinski definition) is 9. The first-order chi connectivity index (χ1) is 26.6. The molecule has 16 nitrogen and oxygen atoms in total. The lowest BCUT2D eigenvalue weighted by molar-refractivity contribution is -0.134. The van der Waals surface area contributed by atoms with E-state index in [-0.39, 0.29) is 23.9 Å². The fraction of sp³-hybridized carbons (Fsp3) is 0.436. The quantitative estimate of drug-likeness (QED) is 0.143. The van der Waals surface area contributed by atoms with Crippen LogP contribution >= 0.6 is 0 Å². The molecule has 5 aromatic rings. The molecular weight excluding hydrogens is 706 g/mol. The number of benzene rings is 2. The first-order valence-electron chi connectivity index (χ1n) is 18.6. The molecule has 0 radical (unpaired) electrons. The molecule has 2 aliphatic rings. The highest BCUT2D eigenvalue weighted by Gasteiger charge is 2.36. The number of alkyl carbamates (subject to hydrolysis) is 2. The lowest BCUT2D eigenvalue weighted by atomic mass is 10.1. The maximum atomic E-state index is 13.3. The maximum absolute atomic E-state index is 13.3. The fourth-order valence-electron chi connectivity index (χ4n) is 7.88. The van der Waals surface area contributed by atoms with Crippen LogP contribution in [0.2, 0.25) is 0 Å². The van der Waals surface area contributed by atoms with E-state index < -0.39 is 24.3 Å². The van der Waals surface area contributed by atoms with Crippen LogP contribution in [0.15, 0.2) is 48.8 Å². The maximum Gasteiger partial charge on any atom is 0.407 e. The smallest absolute Gasteiger partial charge is 0.407 e. The molecule has 7 rings (SSSR count). The van der Waals surface area contributed by atoms with Crippen molar-refractivity contribution in [2.45, 2.75) is 70.2 Å². The highest BCUT2D eigenvalue weighted by Crippen LogP contribution is 2.37. The molecule has 290 valence electrons. The average Bonchev–Trinajstić information content (AvgIpc) is 4.05. The molecule has 0 bridgehead atoms. The number of aromatic nitrogens is 5. The third kappa shape index (κ3) is 7.33. The summed E-state index contributed by atoms with van der Waals surface area (Å²) >= 11 is 0. The van der Waals surface area contributed by atoms with E-state index in [4.69, 9.17) is 14.7 Å². The number of aromatic amines is 2. The lowest BCUT2D eigenvalue weighted by Crippen LogP contribution is -2.46. The number of ether oxygens (including phenoxy) is 3. The predicted molar refractivity (Wildman–Crippen MR) is 204 cm³/mol. The monoisotopic (exact) mass is 753 g/mol. The SMILES string of the molecule is COCCn1c2cc(-c3cnc([C@@H]4CCCN4C(=O)[C@H](C)NC(=O)OC)[nH]3)ccc2c2ccc(-c3cnc([C@@H]4CCCN4C(=O)[C@H](C)NC(=O)OC)[nH]3)cc21. The van der Waals surface area contributed by atoms with E-state index in [1.807, 2.05) is 0 Å². The molecule has 2 fully saturated rings. The molecule has 3 aromatic heterocycles. The summed E-state index contributed by atoms with van der Waals surface area (Å²) < 4.78 is 17.1.